The number of ether oxygens (including phenoxy) is 1. The summed E-state index contributed by atoms with van der Waals surface area (Å²) in [6.45, 7) is 7.42. The van der Waals surface area contributed by atoms with Crippen molar-refractivity contribution in [3.63, 3.8) is 0 Å². The van der Waals surface area contributed by atoms with Crippen molar-refractivity contribution in [2.24, 2.45) is 0 Å². The van der Waals surface area contributed by atoms with Crippen LogP contribution in [0.2, 0.25) is 0 Å². The molecule has 5 nitrogen and oxygen atoms in total. The van der Waals surface area contributed by atoms with Crippen molar-refractivity contribution in [2.45, 2.75) is 19.8 Å². The summed E-state index contributed by atoms with van der Waals surface area (Å²) in [5, 5.41) is 5.94. The first-order chi connectivity index (χ1) is 12.2. The Kier molecular flexibility index (Phi) is 6.55. The standard InChI is InChI=1S/C19H25N3O2S/c1-15-3-5-16(6-4-15)19-21-17(14-25-19)13-18(23)20-7-2-8-22-9-11-24-12-10-22/h3-6,14H,2,7-13H2,1H3,(H,20,23). The van der Waals surface area contributed by atoms with Gasteiger partial charge in [0.05, 0.1) is 25.3 Å². The molecule has 0 spiro atoms. The summed E-state index contributed by atoms with van der Waals surface area (Å²) < 4.78 is 5.33. The Morgan fingerprint density at radius 1 is 1.28 bits per heavy atom. The van der Waals surface area contributed by atoms with Crippen molar-refractivity contribution in [1.82, 2.24) is 15.2 Å². The summed E-state index contributed by atoms with van der Waals surface area (Å²) in [7, 11) is 0. The summed E-state index contributed by atoms with van der Waals surface area (Å²) in [6.07, 6.45) is 1.32. The van der Waals surface area contributed by atoms with E-state index in [0.717, 1.165) is 55.5 Å². The molecule has 25 heavy (non-hydrogen) atoms. The lowest BCUT2D eigenvalue weighted by Crippen LogP contribution is -2.38. The van der Waals surface area contributed by atoms with Gasteiger partial charge in [-0.1, -0.05) is 29.8 Å². The Labute approximate surface area is 153 Å². The third-order valence-corrected chi connectivity index (χ3v) is 5.21. The van der Waals surface area contributed by atoms with Gasteiger partial charge in [0, 0.05) is 30.6 Å². The molecule has 1 aliphatic rings. The topological polar surface area (TPSA) is 54.5 Å². The number of aromatic nitrogens is 1. The maximum atomic E-state index is 12.1. The van der Waals surface area contributed by atoms with E-state index in [2.05, 4.69) is 46.4 Å². The highest BCUT2D eigenvalue weighted by Gasteiger charge is 2.11. The van der Waals surface area contributed by atoms with E-state index < -0.39 is 0 Å². The zero-order valence-electron chi connectivity index (χ0n) is 14.7. The Bertz CT molecular complexity index is 678. The number of carbonyl (C=O) groups excluding carboxylic acids is 1. The van der Waals surface area contributed by atoms with Crippen LogP contribution in [0.1, 0.15) is 17.7 Å². The van der Waals surface area contributed by atoms with Gasteiger partial charge >= 0.3 is 0 Å². The van der Waals surface area contributed by atoms with E-state index >= 15 is 0 Å². The number of rotatable bonds is 7. The number of morpholine rings is 1. The number of hydrogen-bond acceptors (Lipinski definition) is 5. The van der Waals surface area contributed by atoms with E-state index in [4.69, 9.17) is 4.74 Å². The Hall–Kier alpha value is -1.76. The SMILES string of the molecule is Cc1ccc(-c2nc(CC(=O)NCCCN3CCOCC3)cs2)cc1. The van der Waals surface area contributed by atoms with E-state index in [0.29, 0.717) is 13.0 Å². The van der Waals surface area contributed by atoms with Crippen LogP contribution in [0.5, 0.6) is 0 Å². The molecule has 1 aromatic carbocycles. The first-order valence-corrected chi connectivity index (χ1v) is 9.67. The van der Waals surface area contributed by atoms with Gasteiger partial charge in [0.25, 0.3) is 0 Å². The lowest BCUT2D eigenvalue weighted by Gasteiger charge is -2.26. The molecule has 1 aliphatic heterocycles. The molecular formula is C19H25N3O2S. The molecule has 134 valence electrons. The minimum absolute atomic E-state index is 0.0442. The molecule has 1 amide bonds. The van der Waals surface area contributed by atoms with Crippen LogP contribution in [-0.4, -0.2) is 55.2 Å². The van der Waals surface area contributed by atoms with Crippen LogP contribution in [-0.2, 0) is 16.0 Å². The first kappa shape index (κ1) is 18.0. The molecule has 1 fully saturated rings. The van der Waals surface area contributed by atoms with Crippen molar-refractivity contribution in [3.8, 4) is 10.6 Å². The van der Waals surface area contributed by atoms with Gasteiger partial charge < -0.3 is 10.1 Å². The Morgan fingerprint density at radius 3 is 2.80 bits per heavy atom. The zero-order chi connectivity index (χ0) is 17.5. The number of aryl methyl sites for hydroxylation is 1. The van der Waals surface area contributed by atoms with Gasteiger partial charge in [0.2, 0.25) is 5.91 Å². The van der Waals surface area contributed by atoms with Crippen LogP contribution >= 0.6 is 11.3 Å². The highest BCUT2D eigenvalue weighted by Crippen LogP contribution is 2.24. The lowest BCUT2D eigenvalue weighted by molar-refractivity contribution is -0.120. The second-order valence-electron chi connectivity index (χ2n) is 6.34. The minimum Gasteiger partial charge on any atom is -0.379 e. The van der Waals surface area contributed by atoms with E-state index in [9.17, 15) is 4.79 Å². The highest BCUT2D eigenvalue weighted by molar-refractivity contribution is 7.13. The normalized spacial score (nSPS) is 15.2. The smallest absolute Gasteiger partial charge is 0.226 e. The number of benzene rings is 1. The third-order valence-electron chi connectivity index (χ3n) is 4.27. The van der Waals surface area contributed by atoms with Crippen LogP contribution in [0, 0.1) is 6.92 Å². The van der Waals surface area contributed by atoms with Crippen molar-refractivity contribution in [1.29, 1.82) is 0 Å². The van der Waals surface area contributed by atoms with Gasteiger partial charge in [-0.05, 0) is 19.9 Å². The largest absolute Gasteiger partial charge is 0.379 e. The molecule has 1 aromatic heterocycles. The van der Waals surface area contributed by atoms with Gasteiger partial charge in [0.1, 0.15) is 5.01 Å². The molecule has 3 rings (SSSR count). The third kappa shape index (κ3) is 5.63. The highest BCUT2D eigenvalue weighted by atomic mass is 32.1. The summed E-state index contributed by atoms with van der Waals surface area (Å²) in [6, 6.07) is 8.31. The fourth-order valence-corrected chi connectivity index (χ4v) is 3.62. The number of carbonyl (C=O) groups is 1. The van der Waals surface area contributed by atoms with Gasteiger partial charge in [-0.3, -0.25) is 9.69 Å². The second-order valence-corrected chi connectivity index (χ2v) is 7.20. The summed E-state index contributed by atoms with van der Waals surface area (Å²) in [5.41, 5.74) is 3.18. The van der Waals surface area contributed by atoms with Crippen LogP contribution < -0.4 is 5.32 Å². The number of nitrogens with zero attached hydrogens (tertiary/aromatic N) is 2. The minimum atomic E-state index is 0.0442. The zero-order valence-corrected chi connectivity index (χ0v) is 15.5. The molecule has 2 heterocycles. The van der Waals surface area contributed by atoms with E-state index in [1.807, 2.05) is 5.38 Å². The van der Waals surface area contributed by atoms with E-state index in [-0.39, 0.29) is 5.91 Å². The summed E-state index contributed by atoms with van der Waals surface area (Å²) in [5.74, 6) is 0.0442. The molecular weight excluding hydrogens is 334 g/mol. The number of thiazole rings is 1. The average Bonchev–Trinajstić information content (AvgIpc) is 3.09. The number of hydrogen-bond donors (Lipinski definition) is 1. The molecule has 0 atom stereocenters. The van der Waals surface area contributed by atoms with Crippen LogP contribution in [0.15, 0.2) is 29.6 Å². The quantitative estimate of drug-likeness (QED) is 0.772. The molecule has 0 unspecified atom stereocenters. The molecule has 2 aromatic rings. The molecule has 0 bridgehead atoms. The maximum absolute atomic E-state index is 12.1. The average molecular weight is 359 g/mol. The summed E-state index contributed by atoms with van der Waals surface area (Å²) >= 11 is 1.59. The van der Waals surface area contributed by atoms with Gasteiger partial charge in [-0.15, -0.1) is 11.3 Å². The van der Waals surface area contributed by atoms with Crippen molar-refractivity contribution < 1.29 is 9.53 Å². The fourth-order valence-electron chi connectivity index (χ4n) is 2.80. The van der Waals surface area contributed by atoms with Crippen LogP contribution in [0.25, 0.3) is 10.6 Å². The molecule has 6 heteroatoms. The molecule has 1 saturated heterocycles. The van der Waals surface area contributed by atoms with Crippen LogP contribution in [0.3, 0.4) is 0 Å². The van der Waals surface area contributed by atoms with Crippen molar-refractivity contribution in [3.05, 3.63) is 40.9 Å². The molecule has 0 radical (unpaired) electrons. The molecule has 0 aliphatic carbocycles. The maximum Gasteiger partial charge on any atom is 0.226 e. The van der Waals surface area contributed by atoms with Gasteiger partial charge in [-0.25, -0.2) is 4.98 Å². The number of nitrogens with one attached hydrogen (secondary N) is 1. The first-order valence-electron chi connectivity index (χ1n) is 8.79. The van der Waals surface area contributed by atoms with Gasteiger partial charge in [0.15, 0.2) is 0 Å². The second kappa shape index (κ2) is 9.08. The van der Waals surface area contributed by atoms with E-state index in [1.54, 1.807) is 11.3 Å². The Balaban J connectivity index is 1.40. The summed E-state index contributed by atoms with van der Waals surface area (Å²) in [4.78, 5) is 19.0. The fraction of sp³-hybridized carbons (Fsp3) is 0.474. The predicted molar refractivity (Wildman–Crippen MR) is 101 cm³/mol. The van der Waals surface area contributed by atoms with Crippen molar-refractivity contribution in [2.75, 3.05) is 39.4 Å². The van der Waals surface area contributed by atoms with E-state index in [1.165, 1.54) is 5.56 Å². The predicted octanol–water partition coefficient (Wildman–Crippen LogP) is 2.50. The number of amides is 1. The Morgan fingerprint density at radius 2 is 2.04 bits per heavy atom. The van der Waals surface area contributed by atoms with Gasteiger partial charge in [-0.2, -0.15) is 0 Å². The monoisotopic (exact) mass is 359 g/mol. The molecule has 1 N–H and O–H groups in total. The molecule has 0 saturated carbocycles. The lowest BCUT2D eigenvalue weighted by atomic mass is 10.2. The van der Waals surface area contributed by atoms with Crippen LogP contribution in [0.4, 0.5) is 0 Å². The van der Waals surface area contributed by atoms with Crippen molar-refractivity contribution >= 4 is 17.2 Å².